The van der Waals surface area contributed by atoms with Crippen LogP contribution in [0.15, 0.2) is 0 Å². The van der Waals surface area contributed by atoms with E-state index in [4.69, 9.17) is 0 Å². The minimum atomic E-state index is 0.304. The van der Waals surface area contributed by atoms with Crippen molar-refractivity contribution >= 4 is 5.91 Å². The van der Waals surface area contributed by atoms with E-state index in [1.54, 1.807) is 0 Å². The highest BCUT2D eigenvalue weighted by Crippen LogP contribution is 2.05. The quantitative estimate of drug-likeness (QED) is 0.751. The normalized spacial score (nSPS) is 21.5. The van der Waals surface area contributed by atoms with Crippen molar-refractivity contribution in [1.82, 2.24) is 15.1 Å². The van der Waals surface area contributed by atoms with E-state index >= 15 is 0 Å². The Bertz CT molecular complexity index is 229. The molecule has 1 N–H and O–H groups in total. The number of carbonyl (C=O) groups excluding carboxylic acids is 1. The summed E-state index contributed by atoms with van der Waals surface area (Å²) in [6.45, 7) is 12.3. The molecule has 0 aromatic rings. The fourth-order valence-electron chi connectivity index (χ4n) is 2.38. The molecule has 1 unspecified atom stereocenters. The molecule has 1 amide bonds. The predicted molar refractivity (Wildman–Crippen MR) is 71.1 cm³/mol. The summed E-state index contributed by atoms with van der Waals surface area (Å²) in [5, 5.41) is 3.38. The molecule has 4 heteroatoms. The molecule has 17 heavy (non-hydrogen) atoms. The average molecular weight is 241 g/mol. The molecule has 0 bridgehead atoms. The summed E-state index contributed by atoms with van der Waals surface area (Å²) in [6, 6.07) is 0.604. The Kier molecular flexibility index (Phi) is 6.52. The Morgan fingerprint density at radius 2 is 2.12 bits per heavy atom. The molecule has 4 nitrogen and oxygen atoms in total. The Labute approximate surface area is 105 Å². The molecule has 0 aliphatic carbocycles. The summed E-state index contributed by atoms with van der Waals surface area (Å²) >= 11 is 0. The fourth-order valence-corrected chi connectivity index (χ4v) is 2.38. The maximum Gasteiger partial charge on any atom is 0.222 e. The number of hydrogen-bond acceptors (Lipinski definition) is 3. The van der Waals surface area contributed by atoms with Crippen LogP contribution in [0.3, 0.4) is 0 Å². The van der Waals surface area contributed by atoms with Gasteiger partial charge in [0.05, 0.1) is 0 Å². The summed E-state index contributed by atoms with van der Waals surface area (Å²) in [5.74, 6) is 0.304. The molecule has 1 aliphatic heterocycles. The van der Waals surface area contributed by atoms with Crippen LogP contribution in [0.2, 0.25) is 0 Å². The zero-order valence-electron chi connectivity index (χ0n) is 11.5. The average Bonchev–Trinajstić information content (AvgIpc) is 2.33. The molecule has 0 saturated carbocycles. The third-order valence-electron chi connectivity index (χ3n) is 3.59. The highest BCUT2D eigenvalue weighted by atomic mass is 16.2. The lowest BCUT2D eigenvalue weighted by molar-refractivity contribution is -0.131. The molecular formula is C13H27N3O. The number of carbonyl (C=O) groups is 1. The van der Waals surface area contributed by atoms with Crippen LogP contribution in [0.1, 0.15) is 33.6 Å². The first-order valence-corrected chi connectivity index (χ1v) is 6.91. The van der Waals surface area contributed by atoms with Crippen molar-refractivity contribution in [1.29, 1.82) is 0 Å². The Balaban J connectivity index is 2.20. The summed E-state index contributed by atoms with van der Waals surface area (Å²) in [7, 11) is 0. The number of rotatable bonds is 6. The van der Waals surface area contributed by atoms with Gasteiger partial charge in [-0.3, -0.25) is 9.69 Å². The van der Waals surface area contributed by atoms with Crippen LogP contribution >= 0.6 is 0 Å². The van der Waals surface area contributed by atoms with Gasteiger partial charge in [0.2, 0.25) is 5.91 Å². The molecule has 1 heterocycles. The second-order valence-corrected chi connectivity index (χ2v) is 4.76. The molecule has 1 atom stereocenters. The van der Waals surface area contributed by atoms with Crippen molar-refractivity contribution in [3.8, 4) is 0 Å². The van der Waals surface area contributed by atoms with Crippen LogP contribution in [0.5, 0.6) is 0 Å². The first-order valence-electron chi connectivity index (χ1n) is 6.91. The second-order valence-electron chi connectivity index (χ2n) is 4.76. The number of amides is 1. The lowest BCUT2D eigenvalue weighted by Gasteiger charge is -2.33. The van der Waals surface area contributed by atoms with Gasteiger partial charge >= 0.3 is 0 Å². The van der Waals surface area contributed by atoms with E-state index in [2.05, 4.69) is 17.1 Å². The van der Waals surface area contributed by atoms with E-state index < -0.39 is 0 Å². The SMILES string of the molecule is CCN(CC)C(=O)CCCN1CCNCC1C. The Hall–Kier alpha value is -0.610. The van der Waals surface area contributed by atoms with Crippen LogP contribution in [0.4, 0.5) is 0 Å². The van der Waals surface area contributed by atoms with Gasteiger partial charge in [-0.1, -0.05) is 0 Å². The Morgan fingerprint density at radius 1 is 1.41 bits per heavy atom. The van der Waals surface area contributed by atoms with Gasteiger partial charge < -0.3 is 10.2 Å². The fraction of sp³-hybridized carbons (Fsp3) is 0.923. The number of hydrogen-bond donors (Lipinski definition) is 1. The number of piperazine rings is 1. The lowest BCUT2D eigenvalue weighted by atomic mass is 10.2. The van der Waals surface area contributed by atoms with Gasteiger partial charge in [-0.15, -0.1) is 0 Å². The third kappa shape index (κ3) is 4.64. The third-order valence-corrected chi connectivity index (χ3v) is 3.59. The monoisotopic (exact) mass is 241 g/mol. The first kappa shape index (κ1) is 14.5. The van der Waals surface area contributed by atoms with Crippen LogP contribution in [0, 0.1) is 0 Å². The maximum absolute atomic E-state index is 11.8. The number of nitrogens with one attached hydrogen (secondary N) is 1. The van der Waals surface area contributed by atoms with Crippen molar-refractivity contribution in [2.45, 2.75) is 39.7 Å². The molecular weight excluding hydrogens is 214 g/mol. The van der Waals surface area contributed by atoms with E-state index in [9.17, 15) is 4.79 Å². The molecule has 0 aromatic carbocycles. The van der Waals surface area contributed by atoms with Crippen LogP contribution < -0.4 is 5.32 Å². The van der Waals surface area contributed by atoms with E-state index in [0.717, 1.165) is 45.7 Å². The lowest BCUT2D eigenvalue weighted by Crippen LogP contribution is -2.50. The minimum absolute atomic E-state index is 0.304. The standard InChI is InChI=1S/C13H27N3O/c1-4-15(5-2)13(17)7-6-9-16-10-8-14-11-12(16)3/h12,14H,4-11H2,1-3H3. The molecule has 100 valence electrons. The summed E-state index contributed by atoms with van der Waals surface area (Å²) in [6.07, 6.45) is 1.68. The smallest absolute Gasteiger partial charge is 0.222 e. The van der Waals surface area contributed by atoms with E-state index in [1.807, 2.05) is 18.7 Å². The summed E-state index contributed by atoms with van der Waals surface area (Å²) in [4.78, 5) is 16.2. The zero-order valence-corrected chi connectivity index (χ0v) is 11.5. The highest BCUT2D eigenvalue weighted by Gasteiger charge is 2.17. The molecule has 1 aliphatic rings. The first-order chi connectivity index (χ1) is 8.19. The predicted octanol–water partition coefficient (Wildman–Crippen LogP) is 0.929. The molecule has 1 saturated heterocycles. The zero-order chi connectivity index (χ0) is 12.7. The molecule has 1 rings (SSSR count). The van der Waals surface area contributed by atoms with Crippen LogP contribution in [0.25, 0.3) is 0 Å². The van der Waals surface area contributed by atoms with Gasteiger partial charge in [-0.2, -0.15) is 0 Å². The summed E-state index contributed by atoms with van der Waals surface area (Å²) in [5.41, 5.74) is 0. The second kappa shape index (κ2) is 7.67. The minimum Gasteiger partial charge on any atom is -0.343 e. The molecule has 1 fully saturated rings. The van der Waals surface area contributed by atoms with Crippen molar-refractivity contribution in [2.75, 3.05) is 39.3 Å². The van der Waals surface area contributed by atoms with Crippen molar-refractivity contribution in [2.24, 2.45) is 0 Å². The van der Waals surface area contributed by atoms with Crippen molar-refractivity contribution < 1.29 is 4.79 Å². The van der Waals surface area contributed by atoms with E-state index in [1.165, 1.54) is 0 Å². The van der Waals surface area contributed by atoms with E-state index in [-0.39, 0.29) is 0 Å². The topological polar surface area (TPSA) is 35.6 Å². The van der Waals surface area contributed by atoms with Crippen LogP contribution in [-0.4, -0.2) is 61.0 Å². The van der Waals surface area contributed by atoms with E-state index in [0.29, 0.717) is 18.4 Å². The Morgan fingerprint density at radius 3 is 2.71 bits per heavy atom. The molecule has 0 radical (unpaired) electrons. The largest absolute Gasteiger partial charge is 0.343 e. The summed E-state index contributed by atoms with van der Waals surface area (Å²) < 4.78 is 0. The van der Waals surface area contributed by atoms with Crippen LogP contribution in [-0.2, 0) is 4.79 Å². The maximum atomic E-state index is 11.8. The van der Waals surface area contributed by atoms with Gasteiger partial charge in [0.25, 0.3) is 0 Å². The van der Waals surface area contributed by atoms with Gasteiger partial charge in [0.15, 0.2) is 0 Å². The highest BCUT2D eigenvalue weighted by molar-refractivity contribution is 5.76. The number of nitrogens with zero attached hydrogens (tertiary/aromatic N) is 2. The van der Waals surface area contributed by atoms with Crippen molar-refractivity contribution in [3.05, 3.63) is 0 Å². The van der Waals surface area contributed by atoms with Gasteiger partial charge in [-0.05, 0) is 33.7 Å². The van der Waals surface area contributed by atoms with Gasteiger partial charge in [0.1, 0.15) is 0 Å². The molecule has 0 spiro atoms. The molecule has 0 aromatic heterocycles. The van der Waals surface area contributed by atoms with Crippen molar-refractivity contribution in [3.63, 3.8) is 0 Å². The van der Waals surface area contributed by atoms with Gasteiger partial charge in [-0.25, -0.2) is 0 Å². The van der Waals surface area contributed by atoms with Gasteiger partial charge in [0, 0.05) is 45.2 Å².